The summed E-state index contributed by atoms with van der Waals surface area (Å²) in [5, 5.41) is 10.9. The highest BCUT2D eigenvalue weighted by atomic mass is 19.3. The number of nitrogens with one attached hydrogen (secondary N) is 1. The lowest BCUT2D eigenvalue weighted by Crippen LogP contribution is -2.31. The molecule has 0 fully saturated rings. The number of carboxylic acids is 1. The number of ether oxygens (including phenoxy) is 2. The van der Waals surface area contributed by atoms with Crippen LogP contribution in [0.2, 0.25) is 0 Å². The van der Waals surface area contributed by atoms with Crippen molar-refractivity contribution in [3.8, 4) is 5.75 Å². The van der Waals surface area contributed by atoms with E-state index in [-0.39, 0.29) is 17.0 Å². The lowest BCUT2D eigenvalue weighted by molar-refractivity contribution is -0.164. The molecule has 0 aliphatic heterocycles. The summed E-state index contributed by atoms with van der Waals surface area (Å²) in [6.45, 7) is 5.04. The van der Waals surface area contributed by atoms with Crippen molar-refractivity contribution in [2.24, 2.45) is 0 Å². The average Bonchev–Trinajstić information content (AvgIpc) is 2.36. The minimum atomic E-state index is -3.95. The number of carbonyl (C=O) groups is 2. The van der Waals surface area contributed by atoms with Gasteiger partial charge in [0, 0.05) is 11.3 Å². The molecule has 0 aromatic heterocycles. The summed E-state index contributed by atoms with van der Waals surface area (Å²) in [6.07, 6.45) is -1.81. The third-order valence-electron chi connectivity index (χ3n) is 2.65. The molecule has 1 amide bonds. The molecule has 0 unspecified atom stereocenters. The van der Waals surface area contributed by atoms with Crippen LogP contribution in [0.25, 0.3) is 0 Å². The van der Waals surface area contributed by atoms with E-state index < -0.39 is 30.0 Å². The van der Waals surface area contributed by atoms with E-state index in [1.54, 1.807) is 20.8 Å². The van der Waals surface area contributed by atoms with Crippen molar-refractivity contribution in [1.82, 2.24) is 0 Å². The lowest BCUT2D eigenvalue weighted by Gasteiger charge is -2.20. The summed E-state index contributed by atoms with van der Waals surface area (Å²) in [6, 6.07) is 4.02. The number of alkyl halides is 2. The Bertz CT molecular complexity index is 596. The highest BCUT2D eigenvalue weighted by molar-refractivity contribution is 5.85. The minimum absolute atomic E-state index is 0.0477. The molecule has 0 atom stereocenters. The number of carbonyl (C=O) groups excluding carboxylic acids is 1. The average molecular weight is 331 g/mol. The van der Waals surface area contributed by atoms with Crippen LogP contribution in [0, 0.1) is 0 Å². The van der Waals surface area contributed by atoms with Gasteiger partial charge < -0.3 is 14.6 Å². The van der Waals surface area contributed by atoms with Crippen LogP contribution in [0.5, 0.6) is 5.75 Å². The zero-order valence-electron chi connectivity index (χ0n) is 13.3. The van der Waals surface area contributed by atoms with Gasteiger partial charge in [0.15, 0.2) is 0 Å². The number of benzene rings is 1. The number of methoxy groups -OCH3 is 1. The van der Waals surface area contributed by atoms with Gasteiger partial charge in [0.2, 0.25) is 0 Å². The number of carboxylic acid groups (broad SMARTS) is 1. The fourth-order valence-electron chi connectivity index (χ4n) is 1.73. The summed E-state index contributed by atoms with van der Waals surface area (Å²) in [5.74, 6) is -6.08. The molecule has 0 spiro atoms. The Morgan fingerprint density at radius 2 is 1.87 bits per heavy atom. The number of hydrogen-bond acceptors (Lipinski definition) is 4. The van der Waals surface area contributed by atoms with Gasteiger partial charge in [-0.25, -0.2) is 9.59 Å². The first-order chi connectivity index (χ1) is 10.4. The van der Waals surface area contributed by atoms with Gasteiger partial charge in [-0.1, -0.05) is 0 Å². The molecule has 23 heavy (non-hydrogen) atoms. The molecule has 2 N–H and O–H groups in total. The maximum Gasteiger partial charge on any atom is 0.412 e. The van der Waals surface area contributed by atoms with Crippen molar-refractivity contribution in [2.45, 2.75) is 38.7 Å². The fraction of sp³-hybridized carbons (Fsp3) is 0.467. The summed E-state index contributed by atoms with van der Waals surface area (Å²) in [5.41, 5.74) is -0.569. The Morgan fingerprint density at radius 1 is 1.26 bits per heavy atom. The largest absolute Gasteiger partial charge is 0.496 e. The maximum absolute atomic E-state index is 13.4. The van der Waals surface area contributed by atoms with Crippen LogP contribution in [0.4, 0.5) is 19.3 Å². The van der Waals surface area contributed by atoms with E-state index in [1.165, 1.54) is 25.3 Å². The van der Waals surface area contributed by atoms with Crippen LogP contribution in [-0.2, 0) is 16.0 Å². The molecule has 0 aliphatic rings. The Hall–Kier alpha value is -2.38. The fourth-order valence-corrected chi connectivity index (χ4v) is 1.73. The second-order valence-electron chi connectivity index (χ2n) is 5.84. The van der Waals surface area contributed by atoms with E-state index in [4.69, 9.17) is 14.6 Å². The van der Waals surface area contributed by atoms with Gasteiger partial charge >= 0.3 is 18.0 Å². The molecular weight excluding hydrogens is 312 g/mol. The topological polar surface area (TPSA) is 84.9 Å². The summed E-state index contributed by atoms with van der Waals surface area (Å²) < 4.78 is 36.8. The molecular formula is C15H19F2NO5. The van der Waals surface area contributed by atoms with Crippen LogP contribution < -0.4 is 10.1 Å². The minimum Gasteiger partial charge on any atom is -0.496 e. The highest BCUT2D eigenvalue weighted by Crippen LogP contribution is 2.29. The first-order valence-corrected chi connectivity index (χ1v) is 6.73. The van der Waals surface area contributed by atoms with E-state index in [2.05, 4.69) is 5.32 Å². The maximum atomic E-state index is 13.4. The lowest BCUT2D eigenvalue weighted by atomic mass is 10.1. The Morgan fingerprint density at radius 3 is 2.35 bits per heavy atom. The molecule has 0 heterocycles. The zero-order chi connectivity index (χ0) is 17.8. The third-order valence-corrected chi connectivity index (χ3v) is 2.65. The van der Waals surface area contributed by atoms with E-state index >= 15 is 0 Å². The number of amides is 1. The van der Waals surface area contributed by atoms with Gasteiger partial charge in [0.25, 0.3) is 0 Å². The molecule has 6 nitrogen and oxygen atoms in total. The predicted octanol–water partition coefficient (Wildman–Crippen LogP) is 3.30. The van der Waals surface area contributed by atoms with Gasteiger partial charge in [0.1, 0.15) is 11.4 Å². The SMILES string of the molecule is COc1ccc(NC(=O)OC(C)(C)C)cc1CC(F)(F)C(=O)O. The molecule has 0 saturated heterocycles. The van der Waals surface area contributed by atoms with Crippen LogP contribution in [0.3, 0.4) is 0 Å². The van der Waals surface area contributed by atoms with Crippen molar-refractivity contribution in [2.75, 3.05) is 12.4 Å². The normalized spacial score (nSPS) is 11.7. The smallest absolute Gasteiger partial charge is 0.412 e. The van der Waals surface area contributed by atoms with Crippen molar-refractivity contribution in [1.29, 1.82) is 0 Å². The van der Waals surface area contributed by atoms with Crippen LogP contribution in [0.15, 0.2) is 18.2 Å². The zero-order valence-corrected chi connectivity index (χ0v) is 13.3. The molecule has 0 bridgehead atoms. The Labute approximate surface area is 132 Å². The van der Waals surface area contributed by atoms with Crippen LogP contribution in [-0.4, -0.2) is 35.8 Å². The van der Waals surface area contributed by atoms with E-state index in [0.29, 0.717) is 0 Å². The first kappa shape index (κ1) is 18.7. The van der Waals surface area contributed by atoms with Crippen LogP contribution in [0.1, 0.15) is 26.3 Å². The molecule has 1 rings (SSSR count). The van der Waals surface area contributed by atoms with E-state index in [0.717, 1.165) is 0 Å². The second-order valence-corrected chi connectivity index (χ2v) is 5.84. The molecule has 0 radical (unpaired) electrons. The van der Waals surface area contributed by atoms with E-state index in [9.17, 15) is 18.4 Å². The van der Waals surface area contributed by atoms with Gasteiger partial charge in [-0.2, -0.15) is 8.78 Å². The van der Waals surface area contributed by atoms with Crippen molar-refractivity contribution in [3.63, 3.8) is 0 Å². The van der Waals surface area contributed by atoms with E-state index in [1.807, 2.05) is 0 Å². The summed E-state index contributed by atoms with van der Waals surface area (Å²) in [4.78, 5) is 22.2. The Balaban J connectivity index is 2.99. The van der Waals surface area contributed by atoms with Gasteiger partial charge in [-0.05, 0) is 39.0 Å². The summed E-state index contributed by atoms with van der Waals surface area (Å²) in [7, 11) is 1.28. The van der Waals surface area contributed by atoms with Crippen LogP contribution >= 0.6 is 0 Å². The van der Waals surface area contributed by atoms with Gasteiger partial charge in [-0.15, -0.1) is 0 Å². The van der Waals surface area contributed by atoms with Crippen molar-refractivity contribution < 1.29 is 33.0 Å². The number of hydrogen-bond donors (Lipinski definition) is 2. The standard InChI is InChI=1S/C15H19F2NO5/c1-14(2,3)23-13(21)18-10-5-6-11(22-4)9(7-10)8-15(16,17)12(19)20/h5-7H,8H2,1-4H3,(H,18,21)(H,19,20). The second kappa shape index (κ2) is 6.80. The van der Waals surface area contributed by atoms with Crippen molar-refractivity contribution >= 4 is 17.7 Å². The number of anilines is 1. The predicted molar refractivity (Wildman–Crippen MR) is 79.1 cm³/mol. The highest BCUT2D eigenvalue weighted by Gasteiger charge is 2.39. The molecule has 1 aromatic rings. The molecule has 8 heteroatoms. The monoisotopic (exact) mass is 331 g/mol. The van der Waals surface area contributed by atoms with Crippen molar-refractivity contribution in [3.05, 3.63) is 23.8 Å². The summed E-state index contributed by atoms with van der Waals surface area (Å²) >= 11 is 0. The van der Waals surface area contributed by atoms with Gasteiger partial charge in [-0.3, -0.25) is 5.32 Å². The molecule has 128 valence electrons. The van der Waals surface area contributed by atoms with Gasteiger partial charge in [0.05, 0.1) is 13.5 Å². The quantitative estimate of drug-likeness (QED) is 0.865. The number of halogens is 2. The molecule has 0 saturated carbocycles. The number of rotatable bonds is 5. The number of aliphatic carboxylic acids is 1. The Kier molecular flexibility index (Phi) is 5.52. The molecule has 0 aliphatic carbocycles. The third kappa shape index (κ3) is 5.72. The molecule has 1 aromatic carbocycles. The first-order valence-electron chi connectivity index (χ1n) is 6.73.